The summed E-state index contributed by atoms with van der Waals surface area (Å²) in [5.74, 6) is 1.09. The zero-order valence-corrected chi connectivity index (χ0v) is 10.5. The lowest BCUT2D eigenvalue weighted by atomic mass is 10.2. The van der Waals surface area contributed by atoms with Crippen LogP contribution >= 0.6 is 0 Å². The zero-order chi connectivity index (χ0) is 12.4. The van der Waals surface area contributed by atoms with Crippen molar-refractivity contribution >= 4 is 11.2 Å². The van der Waals surface area contributed by atoms with E-state index in [1.807, 2.05) is 18.3 Å². The zero-order valence-electron chi connectivity index (χ0n) is 10.5. The minimum atomic E-state index is 0.224. The third-order valence-electron chi connectivity index (χ3n) is 3.77. The van der Waals surface area contributed by atoms with Crippen molar-refractivity contribution in [2.45, 2.75) is 44.6 Å². The number of nitrogens with zero attached hydrogens (tertiary/aromatic N) is 3. The predicted octanol–water partition coefficient (Wildman–Crippen LogP) is 2.47. The van der Waals surface area contributed by atoms with Crippen LogP contribution in [0.5, 0.6) is 0 Å². The van der Waals surface area contributed by atoms with Gasteiger partial charge in [0.05, 0.1) is 0 Å². The molecule has 3 rings (SSSR count). The molecule has 0 radical (unpaired) electrons. The molecule has 0 spiro atoms. The van der Waals surface area contributed by atoms with Gasteiger partial charge in [0.1, 0.15) is 11.3 Å². The van der Waals surface area contributed by atoms with Crippen LogP contribution in [0, 0.1) is 0 Å². The van der Waals surface area contributed by atoms with Gasteiger partial charge in [-0.2, -0.15) is 0 Å². The van der Waals surface area contributed by atoms with Gasteiger partial charge in [0.2, 0.25) is 0 Å². The van der Waals surface area contributed by atoms with E-state index in [1.54, 1.807) is 0 Å². The van der Waals surface area contributed by atoms with E-state index in [-0.39, 0.29) is 6.61 Å². The summed E-state index contributed by atoms with van der Waals surface area (Å²) in [4.78, 5) is 9.18. The third kappa shape index (κ3) is 2.01. The van der Waals surface area contributed by atoms with Gasteiger partial charge >= 0.3 is 0 Å². The Morgan fingerprint density at radius 2 is 2.17 bits per heavy atom. The molecule has 0 unspecified atom stereocenters. The molecule has 2 aromatic heterocycles. The van der Waals surface area contributed by atoms with Crippen LogP contribution in [-0.2, 0) is 6.42 Å². The topological polar surface area (TPSA) is 50.9 Å². The van der Waals surface area contributed by atoms with Crippen LogP contribution in [0.15, 0.2) is 18.3 Å². The molecule has 2 aromatic rings. The first-order chi connectivity index (χ1) is 8.90. The van der Waals surface area contributed by atoms with Crippen LogP contribution in [0.1, 0.15) is 44.0 Å². The molecule has 4 heteroatoms. The normalized spacial score (nSPS) is 16.7. The lowest BCUT2D eigenvalue weighted by Crippen LogP contribution is -2.10. The van der Waals surface area contributed by atoms with Gasteiger partial charge in [0.25, 0.3) is 0 Å². The summed E-state index contributed by atoms with van der Waals surface area (Å²) in [5, 5.41) is 9.01. The number of hydrogen-bond acceptors (Lipinski definition) is 3. The third-order valence-corrected chi connectivity index (χ3v) is 3.77. The van der Waals surface area contributed by atoms with Gasteiger partial charge in [-0.1, -0.05) is 12.8 Å². The Kier molecular flexibility index (Phi) is 3.28. The van der Waals surface area contributed by atoms with E-state index >= 15 is 0 Å². The van der Waals surface area contributed by atoms with E-state index in [0.29, 0.717) is 6.04 Å². The fraction of sp³-hybridized carbons (Fsp3) is 0.571. The SMILES string of the molecule is OCCCc1nc2cccnc2n1C1CCCC1. The van der Waals surface area contributed by atoms with Gasteiger partial charge in [-0.15, -0.1) is 0 Å². The Morgan fingerprint density at radius 3 is 2.94 bits per heavy atom. The Morgan fingerprint density at radius 1 is 1.33 bits per heavy atom. The molecular weight excluding hydrogens is 226 g/mol. The molecule has 0 amide bonds. The van der Waals surface area contributed by atoms with Gasteiger partial charge < -0.3 is 9.67 Å². The standard InChI is InChI=1S/C14H19N3O/c18-10-4-8-13-16-12-7-3-9-15-14(12)17(13)11-5-1-2-6-11/h3,7,9,11,18H,1-2,4-6,8,10H2. The van der Waals surface area contributed by atoms with Crippen molar-refractivity contribution in [3.8, 4) is 0 Å². The van der Waals surface area contributed by atoms with Crippen LogP contribution in [0.25, 0.3) is 11.2 Å². The summed E-state index contributed by atoms with van der Waals surface area (Å²) in [6.45, 7) is 0.224. The van der Waals surface area contributed by atoms with Crippen molar-refractivity contribution in [1.82, 2.24) is 14.5 Å². The summed E-state index contributed by atoms with van der Waals surface area (Å²) in [6.07, 6.45) is 8.51. The highest BCUT2D eigenvalue weighted by Gasteiger charge is 2.22. The summed E-state index contributed by atoms with van der Waals surface area (Å²) in [7, 11) is 0. The van der Waals surface area contributed by atoms with Gasteiger partial charge in [0, 0.05) is 25.3 Å². The van der Waals surface area contributed by atoms with Gasteiger partial charge in [-0.05, 0) is 31.4 Å². The summed E-state index contributed by atoms with van der Waals surface area (Å²) in [5.41, 5.74) is 2.00. The van der Waals surface area contributed by atoms with Crippen molar-refractivity contribution in [2.24, 2.45) is 0 Å². The van der Waals surface area contributed by atoms with Crippen LogP contribution < -0.4 is 0 Å². The maximum atomic E-state index is 9.01. The van der Waals surface area contributed by atoms with Gasteiger partial charge in [0.15, 0.2) is 5.65 Å². The quantitative estimate of drug-likeness (QED) is 0.900. The summed E-state index contributed by atoms with van der Waals surface area (Å²) >= 11 is 0. The average Bonchev–Trinajstić information content (AvgIpc) is 3.02. The van der Waals surface area contributed by atoms with Crippen LogP contribution in [0.4, 0.5) is 0 Å². The highest BCUT2D eigenvalue weighted by atomic mass is 16.2. The molecule has 0 atom stereocenters. The van der Waals surface area contributed by atoms with Crippen molar-refractivity contribution in [3.05, 3.63) is 24.2 Å². The fourth-order valence-electron chi connectivity index (χ4n) is 2.94. The van der Waals surface area contributed by atoms with Crippen molar-refractivity contribution in [1.29, 1.82) is 0 Å². The molecule has 1 fully saturated rings. The Balaban J connectivity index is 2.05. The van der Waals surface area contributed by atoms with E-state index in [2.05, 4.69) is 14.5 Å². The highest BCUT2D eigenvalue weighted by molar-refractivity contribution is 5.71. The minimum Gasteiger partial charge on any atom is -0.396 e. The minimum absolute atomic E-state index is 0.224. The molecule has 1 aliphatic rings. The number of aromatic nitrogens is 3. The number of aliphatic hydroxyl groups excluding tert-OH is 1. The number of hydrogen-bond donors (Lipinski definition) is 1. The number of imidazole rings is 1. The first-order valence-corrected chi connectivity index (χ1v) is 6.83. The smallest absolute Gasteiger partial charge is 0.160 e. The largest absolute Gasteiger partial charge is 0.396 e. The predicted molar refractivity (Wildman–Crippen MR) is 70.4 cm³/mol. The lowest BCUT2D eigenvalue weighted by Gasteiger charge is -2.15. The number of aliphatic hydroxyl groups is 1. The number of fused-ring (bicyclic) bond motifs is 1. The van der Waals surface area contributed by atoms with Crippen LogP contribution in [0.3, 0.4) is 0 Å². The Hall–Kier alpha value is -1.42. The van der Waals surface area contributed by atoms with E-state index < -0.39 is 0 Å². The van der Waals surface area contributed by atoms with Crippen LogP contribution in [-0.4, -0.2) is 26.2 Å². The van der Waals surface area contributed by atoms with Gasteiger partial charge in [-0.25, -0.2) is 9.97 Å². The summed E-state index contributed by atoms with van der Waals surface area (Å²) < 4.78 is 2.32. The molecule has 0 saturated heterocycles. The monoisotopic (exact) mass is 245 g/mol. The second kappa shape index (κ2) is 5.06. The highest BCUT2D eigenvalue weighted by Crippen LogP contribution is 2.33. The molecule has 0 aliphatic heterocycles. The van der Waals surface area contributed by atoms with E-state index in [0.717, 1.165) is 29.8 Å². The maximum absolute atomic E-state index is 9.01. The average molecular weight is 245 g/mol. The number of rotatable bonds is 4. The lowest BCUT2D eigenvalue weighted by molar-refractivity contribution is 0.286. The number of aryl methyl sites for hydroxylation is 1. The fourth-order valence-corrected chi connectivity index (χ4v) is 2.94. The second-order valence-electron chi connectivity index (χ2n) is 5.01. The molecule has 2 heterocycles. The number of pyridine rings is 1. The van der Waals surface area contributed by atoms with E-state index in [1.165, 1.54) is 25.7 Å². The first-order valence-electron chi connectivity index (χ1n) is 6.83. The molecule has 1 aliphatic carbocycles. The molecule has 1 N–H and O–H groups in total. The van der Waals surface area contributed by atoms with Crippen molar-refractivity contribution in [2.75, 3.05) is 6.61 Å². The van der Waals surface area contributed by atoms with Crippen molar-refractivity contribution < 1.29 is 5.11 Å². The maximum Gasteiger partial charge on any atom is 0.160 e. The summed E-state index contributed by atoms with van der Waals surface area (Å²) in [6, 6.07) is 4.51. The molecule has 1 saturated carbocycles. The second-order valence-corrected chi connectivity index (χ2v) is 5.01. The van der Waals surface area contributed by atoms with Crippen LogP contribution in [0.2, 0.25) is 0 Å². The van der Waals surface area contributed by atoms with Gasteiger partial charge in [-0.3, -0.25) is 0 Å². The molecule has 0 bridgehead atoms. The van der Waals surface area contributed by atoms with E-state index in [4.69, 9.17) is 5.11 Å². The molecule has 18 heavy (non-hydrogen) atoms. The molecular formula is C14H19N3O. The van der Waals surface area contributed by atoms with E-state index in [9.17, 15) is 0 Å². The molecule has 0 aromatic carbocycles. The van der Waals surface area contributed by atoms with Crippen molar-refractivity contribution in [3.63, 3.8) is 0 Å². The first kappa shape index (κ1) is 11.7. The molecule has 4 nitrogen and oxygen atoms in total. The Bertz CT molecular complexity index is 529. The molecule has 96 valence electrons. The Labute approximate surface area is 107 Å².